The largest absolute Gasteiger partial charge is 0.360 e. The first kappa shape index (κ1) is 14.6. The van der Waals surface area contributed by atoms with Gasteiger partial charge in [-0.05, 0) is 42.3 Å². The molecule has 1 aromatic heterocycles. The van der Waals surface area contributed by atoms with E-state index in [1.54, 1.807) is 12.3 Å². The first-order chi connectivity index (χ1) is 10.6. The first-order valence-corrected chi connectivity index (χ1v) is 7.30. The van der Waals surface area contributed by atoms with Crippen LogP contribution in [0.5, 0.6) is 0 Å². The molecule has 22 heavy (non-hydrogen) atoms. The minimum atomic E-state index is -0.359. The minimum Gasteiger partial charge on any atom is -0.360 e. The molecule has 0 spiro atoms. The van der Waals surface area contributed by atoms with Crippen LogP contribution in [0.2, 0.25) is 5.02 Å². The number of H-pyrrole nitrogens is 1. The fraction of sp³-hybridized carbons (Fsp3) is 0.118. The zero-order valence-corrected chi connectivity index (χ0v) is 12.5. The van der Waals surface area contributed by atoms with E-state index in [9.17, 15) is 9.18 Å². The van der Waals surface area contributed by atoms with Crippen LogP contribution >= 0.6 is 11.6 Å². The van der Waals surface area contributed by atoms with Crippen molar-refractivity contribution in [3.05, 3.63) is 70.6 Å². The van der Waals surface area contributed by atoms with Crippen LogP contribution < -0.4 is 5.32 Å². The van der Waals surface area contributed by atoms with Crippen LogP contribution in [-0.4, -0.2) is 17.4 Å². The fourth-order valence-corrected chi connectivity index (χ4v) is 2.47. The van der Waals surface area contributed by atoms with Gasteiger partial charge in [-0.25, -0.2) is 4.39 Å². The number of carbonyl (C=O) groups excluding carboxylic acids is 1. The van der Waals surface area contributed by atoms with Gasteiger partial charge in [-0.2, -0.15) is 0 Å². The average Bonchev–Trinajstić information content (AvgIpc) is 2.92. The zero-order valence-electron chi connectivity index (χ0n) is 11.7. The van der Waals surface area contributed by atoms with Gasteiger partial charge in [-0.1, -0.05) is 23.7 Å². The molecule has 0 saturated carbocycles. The van der Waals surface area contributed by atoms with Crippen molar-refractivity contribution in [1.82, 2.24) is 10.3 Å². The lowest BCUT2D eigenvalue weighted by Gasteiger charge is -2.05. The van der Waals surface area contributed by atoms with Gasteiger partial charge in [0.25, 0.3) is 5.91 Å². The van der Waals surface area contributed by atoms with Crippen molar-refractivity contribution in [3.63, 3.8) is 0 Å². The molecule has 0 radical (unpaired) electrons. The molecule has 2 aromatic carbocycles. The molecule has 0 aliphatic heterocycles. The third-order valence-electron chi connectivity index (χ3n) is 3.50. The summed E-state index contributed by atoms with van der Waals surface area (Å²) in [5, 5.41) is 4.12. The molecule has 5 heteroatoms. The normalized spacial score (nSPS) is 10.8. The maximum absolute atomic E-state index is 13.3. The second kappa shape index (κ2) is 6.20. The van der Waals surface area contributed by atoms with Gasteiger partial charge in [-0.15, -0.1) is 0 Å². The summed E-state index contributed by atoms with van der Waals surface area (Å²) in [6.45, 7) is 0.502. The molecule has 0 aliphatic rings. The summed E-state index contributed by atoms with van der Waals surface area (Å²) >= 11 is 5.83. The predicted octanol–water partition coefficient (Wildman–Crippen LogP) is 3.93. The van der Waals surface area contributed by atoms with E-state index < -0.39 is 0 Å². The lowest BCUT2D eigenvalue weighted by atomic mass is 10.1. The molecule has 1 heterocycles. The van der Waals surface area contributed by atoms with Crippen molar-refractivity contribution in [2.75, 3.05) is 6.54 Å². The van der Waals surface area contributed by atoms with Crippen molar-refractivity contribution in [1.29, 1.82) is 0 Å². The molecule has 0 unspecified atom stereocenters. The third-order valence-corrected chi connectivity index (χ3v) is 3.75. The van der Waals surface area contributed by atoms with Crippen molar-refractivity contribution < 1.29 is 9.18 Å². The van der Waals surface area contributed by atoms with Crippen LogP contribution in [0.1, 0.15) is 15.9 Å². The Kier molecular flexibility index (Phi) is 4.11. The van der Waals surface area contributed by atoms with E-state index in [4.69, 9.17) is 11.6 Å². The summed E-state index contributed by atoms with van der Waals surface area (Å²) < 4.78 is 13.3. The monoisotopic (exact) mass is 316 g/mol. The Morgan fingerprint density at radius 3 is 2.73 bits per heavy atom. The summed E-state index contributed by atoms with van der Waals surface area (Å²) in [7, 11) is 0. The van der Waals surface area contributed by atoms with Crippen LogP contribution in [0, 0.1) is 5.82 Å². The molecule has 2 N–H and O–H groups in total. The second-order valence-corrected chi connectivity index (χ2v) is 5.46. The topological polar surface area (TPSA) is 44.9 Å². The van der Waals surface area contributed by atoms with Gasteiger partial charge < -0.3 is 10.3 Å². The van der Waals surface area contributed by atoms with Gasteiger partial charge in [0.2, 0.25) is 0 Å². The molecule has 0 bridgehead atoms. The molecular formula is C17H14ClFN2O. The number of nitrogens with one attached hydrogen (secondary N) is 2. The molecule has 3 nitrogen and oxygen atoms in total. The molecule has 0 fully saturated rings. The lowest BCUT2D eigenvalue weighted by Crippen LogP contribution is -2.25. The number of carbonyl (C=O) groups is 1. The maximum Gasteiger partial charge on any atom is 0.253 e. The number of fused-ring (bicyclic) bond motifs is 1. The Balaban J connectivity index is 1.66. The highest BCUT2D eigenvalue weighted by molar-refractivity contribution is 6.30. The standard InChI is InChI=1S/C17H14ClFN2O/c18-12-3-1-11(2-4-12)7-8-20-17(22)15-10-21-16-6-5-13(19)9-14(15)16/h1-6,9-10,21H,7-8H2,(H,20,22). The smallest absolute Gasteiger partial charge is 0.253 e. The Bertz CT molecular complexity index is 811. The Hall–Kier alpha value is -2.33. The SMILES string of the molecule is O=C(NCCc1ccc(Cl)cc1)c1c[nH]c2ccc(F)cc12. The second-order valence-electron chi connectivity index (χ2n) is 5.02. The molecule has 0 saturated heterocycles. The summed E-state index contributed by atoms with van der Waals surface area (Å²) in [5.41, 5.74) is 2.28. The van der Waals surface area contributed by atoms with Gasteiger partial charge in [0.1, 0.15) is 5.82 Å². The van der Waals surface area contributed by atoms with E-state index in [-0.39, 0.29) is 11.7 Å². The van der Waals surface area contributed by atoms with Crippen molar-refractivity contribution in [2.45, 2.75) is 6.42 Å². The average molecular weight is 317 g/mol. The van der Waals surface area contributed by atoms with Crippen LogP contribution in [0.3, 0.4) is 0 Å². The molecule has 3 rings (SSSR count). The Morgan fingerprint density at radius 2 is 1.95 bits per heavy atom. The van der Waals surface area contributed by atoms with Gasteiger partial charge in [0.05, 0.1) is 5.56 Å². The number of aromatic nitrogens is 1. The van der Waals surface area contributed by atoms with E-state index >= 15 is 0 Å². The first-order valence-electron chi connectivity index (χ1n) is 6.93. The number of amides is 1. The number of hydrogen-bond donors (Lipinski definition) is 2. The summed E-state index contributed by atoms with van der Waals surface area (Å²) in [4.78, 5) is 15.2. The van der Waals surface area contributed by atoms with E-state index in [0.29, 0.717) is 28.9 Å². The highest BCUT2D eigenvalue weighted by atomic mass is 35.5. The zero-order chi connectivity index (χ0) is 15.5. The minimum absolute atomic E-state index is 0.217. The predicted molar refractivity (Wildman–Crippen MR) is 85.7 cm³/mol. The molecular weight excluding hydrogens is 303 g/mol. The molecule has 1 amide bonds. The lowest BCUT2D eigenvalue weighted by molar-refractivity contribution is 0.0956. The van der Waals surface area contributed by atoms with Crippen LogP contribution in [0.15, 0.2) is 48.7 Å². The van der Waals surface area contributed by atoms with Crippen molar-refractivity contribution >= 4 is 28.4 Å². The number of hydrogen-bond acceptors (Lipinski definition) is 1. The molecule has 112 valence electrons. The van der Waals surface area contributed by atoms with E-state index in [0.717, 1.165) is 11.1 Å². The van der Waals surface area contributed by atoms with Crippen LogP contribution in [0.25, 0.3) is 10.9 Å². The van der Waals surface area contributed by atoms with Crippen LogP contribution in [0.4, 0.5) is 4.39 Å². The van der Waals surface area contributed by atoms with E-state index in [1.165, 1.54) is 12.1 Å². The Labute approximate surface area is 132 Å². The van der Waals surface area contributed by atoms with Gasteiger partial charge in [0, 0.05) is 28.7 Å². The molecule has 3 aromatic rings. The summed E-state index contributed by atoms with van der Waals surface area (Å²) in [6.07, 6.45) is 2.31. The summed E-state index contributed by atoms with van der Waals surface area (Å²) in [5.74, 6) is -0.576. The van der Waals surface area contributed by atoms with E-state index in [2.05, 4.69) is 10.3 Å². The fourth-order valence-electron chi connectivity index (χ4n) is 2.35. The number of rotatable bonds is 4. The van der Waals surface area contributed by atoms with Crippen molar-refractivity contribution in [2.24, 2.45) is 0 Å². The maximum atomic E-state index is 13.3. The number of halogens is 2. The van der Waals surface area contributed by atoms with Gasteiger partial charge >= 0.3 is 0 Å². The van der Waals surface area contributed by atoms with Gasteiger partial charge in [0.15, 0.2) is 0 Å². The van der Waals surface area contributed by atoms with E-state index in [1.807, 2.05) is 24.3 Å². The summed E-state index contributed by atoms with van der Waals surface area (Å²) in [6, 6.07) is 11.8. The third kappa shape index (κ3) is 3.12. The van der Waals surface area contributed by atoms with Crippen LogP contribution in [-0.2, 0) is 6.42 Å². The van der Waals surface area contributed by atoms with Gasteiger partial charge in [-0.3, -0.25) is 4.79 Å². The molecule has 0 atom stereocenters. The number of aromatic amines is 1. The highest BCUT2D eigenvalue weighted by Crippen LogP contribution is 2.19. The highest BCUT2D eigenvalue weighted by Gasteiger charge is 2.12. The number of benzene rings is 2. The van der Waals surface area contributed by atoms with Crippen molar-refractivity contribution in [3.8, 4) is 0 Å². The molecule has 0 aliphatic carbocycles. The Morgan fingerprint density at radius 1 is 1.18 bits per heavy atom. The quantitative estimate of drug-likeness (QED) is 0.752.